The monoisotopic (exact) mass is 829 g/mol. The Hall–Kier alpha value is -4.11. The summed E-state index contributed by atoms with van der Waals surface area (Å²) in [6.45, 7) is 6.89. The van der Waals surface area contributed by atoms with Gasteiger partial charge in [-0.1, -0.05) is 110 Å². The molecule has 1 unspecified atom stereocenters. The molecule has 1 aromatic rings. The SMILES string of the molecule is CCCCCCCCCCCCCCCCCC(=O)OC(C)OC(=O)N1C[C@@H](SC2=C(C(=O)O)N3C(=O)[C@H]([C@@H](C)O)[C@H]3[C@H]2C)C[C@H]1C(=O)Nc1cccc(C(=O)O)c1. The molecule has 4 rings (SSSR count). The highest BCUT2D eigenvalue weighted by Gasteiger charge is 2.60. The van der Waals surface area contributed by atoms with E-state index in [2.05, 4.69) is 12.2 Å². The van der Waals surface area contributed by atoms with Crippen molar-refractivity contribution in [1.82, 2.24) is 9.80 Å². The average Bonchev–Trinajstić information content (AvgIpc) is 3.70. The van der Waals surface area contributed by atoms with E-state index in [0.29, 0.717) is 11.3 Å². The Bertz CT molecular complexity index is 1630. The van der Waals surface area contributed by atoms with Gasteiger partial charge >= 0.3 is 24.0 Å². The Labute approximate surface area is 346 Å². The van der Waals surface area contributed by atoms with Crippen LogP contribution in [0.4, 0.5) is 10.5 Å². The second kappa shape index (κ2) is 22.9. The lowest BCUT2D eigenvalue weighted by atomic mass is 9.79. The zero-order chi connectivity index (χ0) is 42.4. The van der Waals surface area contributed by atoms with E-state index < -0.39 is 77.4 Å². The molecule has 3 aliphatic heterocycles. The van der Waals surface area contributed by atoms with Crippen molar-refractivity contribution in [2.75, 3.05) is 11.9 Å². The van der Waals surface area contributed by atoms with Crippen LogP contribution >= 0.6 is 11.8 Å². The van der Waals surface area contributed by atoms with E-state index in [-0.39, 0.29) is 36.3 Å². The first-order valence-corrected chi connectivity index (χ1v) is 22.1. The van der Waals surface area contributed by atoms with Crippen LogP contribution in [-0.2, 0) is 28.7 Å². The van der Waals surface area contributed by atoms with Gasteiger partial charge in [0.1, 0.15) is 11.7 Å². The number of unbranched alkanes of at least 4 members (excludes halogenated alkanes) is 14. The number of nitrogens with zero attached hydrogens (tertiary/aromatic N) is 2. The average molecular weight is 830 g/mol. The molecule has 3 aliphatic rings. The zero-order valence-electron chi connectivity index (χ0n) is 34.5. The number of rotatable bonds is 25. The van der Waals surface area contributed by atoms with Crippen molar-refractivity contribution in [3.63, 3.8) is 0 Å². The van der Waals surface area contributed by atoms with Gasteiger partial charge in [-0.05, 0) is 38.0 Å². The number of carbonyl (C=O) groups is 6. The van der Waals surface area contributed by atoms with Crippen molar-refractivity contribution in [2.24, 2.45) is 11.8 Å². The van der Waals surface area contributed by atoms with Crippen molar-refractivity contribution in [2.45, 2.75) is 167 Å². The number of fused-ring (bicyclic) bond motifs is 1. The molecule has 7 atom stereocenters. The van der Waals surface area contributed by atoms with E-state index in [4.69, 9.17) is 9.47 Å². The third kappa shape index (κ3) is 12.7. The fraction of sp³-hybridized carbons (Fsp3) is 0.674. The number of aromatic carboxylic acids is 1. The van der Waals surface area contributed by atoms with Gasteiger partial charge in [-0.15, -0.1) is 11.8 Å². The van der Waals surface area contributed by atoms with Gasteiger partial charge in [-0.3, -0.25) is 19.3 Å². The summed E-state index contributed by atoms with van der Waals surface area (Å²) in [5.74, 6) is -5.26. The number of amides is 3. The molecule has 4 N–H and O–H groups in total. The highest BCUT2D eigenvalue weighted by atomic mass is 32.2. The van der Waals surface area contributed by atoms with Crippen LogP contribution in [0.5, 0.6) is 0 Å². The maximum absolute atomic E-state index is 13.7. The molecule has 0 saturated carbocycles. The van der Waals surface area contributed by atoms with Crippen molar-refractivity contribution >= 4 is 53.3 Å². The van der Waals surface area contributed by atoms with Crippen LogP contribution in [0.2, 0.25) is 0 Å². The van der Waals surface area contributed by atoms with Gasteiger partial charge < -0.3 is 35.0 Å². The molecule has 3 heterocycles. The molecule has 0 aliphatic carbocycles. The molecule has 0 spiro atoms. The summed E-state index contributed by atoms with van der Waals surface area (Å²) in [7, 11) is 0. The van der Waals surface area contributed by atoms with Gasteiger partial charge in [-0.25, -0.2) is 14.4 Å². The number of ether oxygens (including phenoxy) is 2. The fourth-order valence-electron chi connectivity index (χ4n) is 8.27. The molecule has 1 aromatic carbocycles. The number of benzene rings is 1. The lowest BCUT2D eigenvalue weighted by Gasteiger charge is -2.46. The number of carboxylic acids is 2. The molecule has 0 bridgehead atoms. The second-order valence-electron chi connectivity index (χ2n) is 15.9. The molecule has 0 radical (unpaired) electrons. The van der Waals surface area contributed by atoms with Crippen molar-refractivity contribution < 1.29 is 53.6 Å². The van der Waals surface area contributed by atoms with Crippen LogP contribution in [0.3, 0.4) is 0 Å². The summed E-state index contributed by atoms with van der Waals surface area (Å²) >= 11 is 1.16. The number of anilines is 1. The van der Waals surface area contributed by atoms with Gasteiger partial charge in [0.05, 0.1) is 23.6 Å². The predicted molar refractivity (Wildman–Crippen MR) is 220 cm³/mol. The highest BCUT2D eigenvalue weighted by molar-refractivity contribution is 8.03. The van der Waals surface area contributed by atoms with Crippen LogP contribution in [0.1, 0.15) is 147 Å². The minimum Gasteiger partial charge on any atom is -0.478 e. The Morgan fingerprint density at radius 1 is 0.862 bits per heavy atom. The number of aliphatic hydroxyl groups is 1. The minimum absolute atomic E-state index is 0.0435. The van der Waals surface area contributed by atoms with Crippen LogP contribution in [0.15, 0.2) is 34.9 Å². The lowest BCUT2D eigenvalue weighted by molar-refractivity contribution is -0.166. The molecule has 0 aromatic heterocycles. The molecule has 322 valence electrons. The molecule has 58 heavy (non-hydrogen) atoms. The standard InChI is InChI=1S/C43H63N3O11S/c1-5-6-7-8-9-10-11-12-13-14-15-16-17-18-19-23-34(48)56-29(4)57-43(55)45-26-32(25-33(45)39(49)44-31-22-20-21-30(24-31)41(51)52)58-38-27(2)36-35(28(3)47)40(50)46(36)37(38)42(53)54/h20-22,24,27-29,32-33,35-36,47H,5-19,23,25-26H2,1-4H3,(H,44,49)(H,51,52)(H,53,54)/t27-,28-,29?,32+,33+,35-,36-/m1/s1. The summed E-state index contributed by atoms with van der Waals surface area (Å²) in [5.41, 5.74) is -0.0266. The normalized spacial score (nSPS) is 22.3. The van der Waals surface area contributed by atoms with Crippen LogP contribution in [0.25, 0.3) is 0 Å². The van der Waals surface area contributed by atoms with Gasteiger partial charge in [0.15, 0.2) is 0 Å². The number of carbonyl (C=O) groups excluding carboxylic acids is 4. The van der Waals surface area contributed by atoms with Gasteiger partial charge in [0.25, 0.3) is 0 Å². The number of aliphatic hydroxyl groups excluding tert-OH is 1. The van der Waals surface area contributed by atoms with E-state index in [0.717, 1.165) is 31.0 Å². The first-order chi connectivity index (χ1) is 27.7. The quantitative estimate of drug-likeness (QED) is 0.0322. The molecule has 3 amide bonds. The number of nitrogens with one attached hydrogen (secondary N) is 1. The van der Waals surface area contributed by atoms with E-state index >= 15 is 0 Å². The van der Waals surface area contributed by atoms with Crippen LogP contribution in [-0.4, -0.2) is 97.2 Å². The number of esters is 1. The van der Waals surface area contributed by atoms with Crippen molar-refractivity contribution in [3.05, 3.63) is 40.4 Å². The largest absolute Gasteiger partial charge is 0.478 e. The smallest absolute Gasteiger partial charge is 0.413 e. The first kappa shape index (κ1) is 46.6. The maximum atomic E-state index is 13.7. The third-order valence-electron chi connectivity index (χ3n) is 11.3. The van der Waals surface area contributed by atoms with Crippen molar-refractivity contribution in [3.8, 4) is 0 Å². The Morgan fingerprint density at radius 2 is 1.45 bits per heavy atom. The van der Waals surface area contributed by atoms with Gasteiger partial charge in [0.2, 0.25) is 18.1 Å². The first-order valence-electron chi connectivity index (χ1n) is 21.2. The van der Waals surface area contributed by atoms with Crippen LogP contribution in [0, 0.1) is 11.8 Å². The fourth-order valence-corrected chi connectivity index (χ4v) is 9.79. The Kier molecular flexibility index (Phi) is 18.4. The summed E-state index contributed by atoms with van der Waals surface area (Å²) in [5, 5.41) is 31.9. The number of β-lactam (4-membered cyclic amide) rings is 1. The number of carboxylic acid groups (broad SMARTS) is 2. The second-order valence-corrected chi connectivity index (χ2v) is 17.3. The summed E-state index contributed by atoms with van der Waals surface area (Å²) in [4.78, 5) is 79.6. The molecule has 2 fully saturated rings. The minimum atomic E-state index is -1.30. The molecular weight excluding hydrogens is 767 g/mol. The van der Waals surface area contributed by atoms with Crippen LogP contribution < -0.4 is 5.32 Å². The van der Waals surface area contributed by atoms with E-state index in [1.807, 2.05) is 0 Å². The lowest BCUT2D eigenvalue weighted by Crippen LogP contribution is -2.63. The topological polar surface area (TPSA) is 200 Å². The molecule has 15 heteroatoms. The summed E-state index contributed by atoms with van der Waals surface area (Å²) in [6, 6.07) is 4.00. The van der Waals surface area contributed by atoms with E-state index in [1.54, 1.807) is 6.92 Å². The number of hydrogen-bond donors (Lipinski definition) is 4. The number of likely N-dealkylation sites (tertiary alicyclic amines) is 1. The number of hydrogen-bond acceptors (Lipinski definition) is 10. The predicted octanol–water partition coefficient (Wildman–Crippen LogP) is 7.94. The zero-order valence-corrected chi connectivity index (χ0v) is 35.3. The Balaban J connectivity index is 1.28. The number of thioether (sulfide) groups is 1. The molecular formula is C43H63N3O11S. The number of aliphatic carboxylic acids is 1. The van der Waals surface area contributed by atoms with E-state index in [9.17, 15) is 44.1 Å². The van der Waals surface area contributed by atoms with E-state index in [1.165, 1.54) is 119 Å². The third-order valence-corrected chi connectivity index (χ3v) is 12.8. The van der Waals surface area contributed by atoms with Gasteiger partial charge in [-0.2, -0.15) is 0 Å². The summed E-state index contributed by atoms with van der Waals surface area (Å²) in [6.07, 6.45) is 15.2. The van der Waals surface area contributed by atoms with Crippen molar-refractivity contribution in [1.29, 1.82) is 0 Å². The Morgan fingerprint density at radius 3 is 2.00 bits per heavy atom. The molecule has 2 saturated heterocycles. The summed E-state index contributed by atoms with van der Waals surface area (Å²) < 4.78 is 10.9. The molecule has 14 nitrogen and oxygen atoms in total. The highest BCUT2D eigenvalue weighted by Crippen LogP contribution is 2.52. The maximum Gasteiger partial charge on any atom is 0.413 e. The van der Waals surface area contributed by atoms with Gasteiger partial charge in [0, 0.05) is 41.6 Å².